The number of halogens is 1. The summed E-state index contributed by atoms with van der Waals surface area (Å²) in [4.78, 5) is 14.1. The predicted molar refractivity (Wildman–Crippen MR) is 86.0 cm³/mol. The Morgan fingerprint density at radius 3 is 2.76 bits per heavy atom. The minimum absolute atomic E-state index is 0.0126. The SMILES string of the molecule is CSC1CCN(CC(=O)NCc2ccc(C)c(F)c2)CC1. The molecular formula is C16H23FN2OS. The highest BCUT2D eigenvalue weighted by molar-refractivity contribution is 7.99. The van der Waals surface area contributed by atoms with Gasteiger partial charge >= 0.3 is 0 Å². The van der Waals surface area contributed by atoms with Crippen molar-refractivity contribution in [1.82, 2.24) is 10.2 Å². The van der Waals surface area contributed by atoms with Crippen molar-refractivity contribution < 1.29 is 9.18 Å². The molecule has 1 N–H and O–H groups in total. The quantitative estimate of drug-likeness (QED) is 0.907. The van der Waals surface area contributed by atoms with Gasteiger partial charge in [-0.05, 0) is 56.3 Å². The number of thioether (sulfide) groups is 1. The van der Waals surface area contributed by atoms with Crippen molar-refractivity contribution >= 4 is 17.7 Å². The molecule has 5 heteroatoms. The number of hydrogen-bond acceptors (Lipinski definition) is 3. The lowest BCUT2D eigenvalue weighted by Crippen LogP contribution is -2.41. The average Bonchev–Trinajstić information content (AvgIpc) is 2.49. The minimum Gasteiger partial charge on any atom is -0.351 e. The summed E-state index contributed by atoms with van der Waals surface area (Å²) in [6.07, 6.45) is 4.45. The van der Waals surface area contributed by atoms with E-state index in [-0.39, 0.29) is 11.7 Å². The third-order valence-electron chi connectivity index (χ3n) is 3.96. The molecule has 1 aliphatic rings. The lowest BCUT2D eigenvalue weighted by Gasteiger charge is -2.30. The molecule has 1 saturated heterocycles. The standard InChI is InChI=1S/C16H23FN2OS/c1-12-3-4-13(9-15(12)17)10-18-16(20)11-19-7-5-14(21-2)6-8-19/h3-4,9,14H,5-8,10-11H2,1-2H3,(H,18,20). The molecule has 0 saturated carbocycles. The van der Waals surface area contributed by atoms with Crippen LogP contribution in [0.25, 0.3) is 0 Å². The van der Waals surface area contributed by atoms with Crippen molar-refractivity contribution in [3.8, 4) is 0 Å². The Balaban J connectivity index is 1.73. The number of carbonyl (C=O) groups excluding carboxylic acids is 1. The first kappa shape index (κ1) is 16.3. The Bertz CT molecular complexity index is 487. The number of piperidine rings is 1. The predicted octanol–water partition coefficient (Wildman–Crippen LogP) is 2.58. The molecule has 0 aliphatic carbocycles. The number of benzene rings is 1. The van der Waals surface area contributed by atoms with Gasteiger partial charge in [0.05, 0.1) is 6.54 Å². The fraction of sp³-hybridized carbons (Fsp3) is 0.562. The molecule has 0 aromatic heterocycles. The molecule has 0 radical (unpaired) electrons. The number of rotatable bonds is 5. The van der Waals surface area contributed by atoms with E-state index >= 15 is 0 Å². The molecule has 1 heterocycles. The Morgan fingerprint density at radius 1 is 1.43 bits per heavy atom. The van der Waals surface area contributed by atoms with Crippen molar-refractivity contribution in [2.75, 3.05) is 25.9 Å². The van der Waals surface area contributed by atoms with Gasteiger partial charge in [-0.2, -0.15) is 11.8 Å². The van der Waals surface area contributed by atoms with Gasteiger partial charge in [-0.25, -0.2) is 4.39 Å². The van der Waals surface area contributed by atoms with Gasteiger partial charge in [0.25, 0.3) is 0 Å². The van der Waals surface area contributed by atoms with E-state index in [1.807, 2.05) is 17.8 Å². The van der Waals surface area contributed by atoms with E-state index in [2.05, 4.69) is 16.5 Å². The molecule has 0 atom stereocenters. The lowest BCUT2D eigenvalue weighted by atomic mass is 10.1. The van der Waals surface area contributed by atoms with Crippen molar-refractivity contribution in [3.05, 3.63) is 35.1 Å². The second kappa shape index (κ2) is 7.80. The van der Waals surface area contributed by atoms with E-state index in [1.165, 1.54) is 6.07 Å². The van der Waals surface area contributed by atoms with Gasteiger partial charge in [0.15, 0.2) is 0 Å². The molecule has 0 unspecified atom stereocenters. The Kier molecular flexibility index (Phi) is 6.06. The zero-order chi connectivity index (χ0) is 15.2. The van der Waals surface area contributed by atoms with Gasteiger partial charge < -0.3 is 5.32 Å². The van der Waals surface area contributed by atoms with Crippen molar-refractivity contribution in [2.24, 2.45) is 0 Å². The maximum Gasteiger partial charge on any atom is 0.234 e. The highest BCUT2D eigenvalue weighted by Gasteiger charge is 2.19. The Labute approximate surface area is 130 Å². The third-order valence-corrected chi connectivity index (χ3v) is 5.10. The number of nitrogens with one attached hydrogen (secondary N) is 1. The highest BCUT2D eigenvalue weighted by Crippen LogP contribution is 2.20. The Hall–Kier alpha value is -1.07. The van der Waals surface area contributed by atoms with Crippen molar-refractivity contribution in [2.45, 2.75) is 31.6 Å². The van der Waals surface area contributed by atoms with Crippen LogP contribution in [0.2, 0.25) is 0 Å². The van der Waals surface area contributed by atoms with E-state index in [4.69, 9.17) is 0 Å². The lowest BCUT2D eigenvalue weighted by molar-refractivity contribution is -0.122. The minimum atomic E-state index is -0.221. The average molecular weight is 310 g/mol. The molecule has 0 spiro atoms. The van der Waals surface area contributed by atoms with E-state index < -0.39 is 0 Å². The summed E-state index contributed by atoms with van der Waals surface area (Å²) in [6, 6.07) is 5.08. The smallest absolute Gasteiger partial charge is 0.234 e. The first-order valence-electron chi connectivity index (χ1n) is 7.35. The van der Waals surface area contributed by atoms with Crippen LogP contribution < -0.4 is 5.32 Å². The van der Waals surface area contributed by atoms with E-state index in [0.29, 0.717) is 18.7 Å². The van der Waals surface area contributed by atoms with Gasteiger partial charge in [0, 0.05) is 11.8 Å². The van der Waals surface area contributed by atoms with Crippen LogP contribution in [0.4, 0.5) is 4.39 Å². The van der Waals surface area contributed by atoms with Gasteiger partial charge in [0.1, 0.15) is 5.82 Å². The zero-order valence-electron chi connectivity index (χ0n) is 12.7. The van der Waals surface area contributed by atoms with Crippen LogP contribution in [0.1, 0.15) is 24.0 Å². The summed E-state index contributed by atoms with van der Waals surface area (Å²) in [7, 11) is 0. The fourth-order valence-corrected chi connectivity index (χ4v) is 3.19. The topological polar surface area (TPSA) is 32.3 Å². The molecule has 0 bridgehead atoms. The molecule has 1 fully saturated rings. The molecule has 3 nitrogen and oxygen atoms in total. The number of amides is 1. The number of nitrogens with zero attached hydrogens (tertiary/aromatic N) is 1. The van der Waals surface area contributed by atoms with Gasteiger partial charge in [-0.15, -0.1) is 0 Å². The maximum atomic E-state index is 13.4. The van der Waals surface area contributed by atoms with Gasteiger partial charge in [0.2, 0.25) is 5.91 Å². The summed E-state index contributed by atoms with van der Waals surface area (Å²) in [6.45, 7) is 4.53. The number of hydrogen-bond donors (Lipinski definition) is 1. The van der Waals surface area contributed by atoms with Crippen LogP contribution in [0.15, 0.2) is 18.2 Å². The summed E-state index contributed by atoms with van der Waals surface area (Å²) < 4.78 is 13.4. The molecule has 2 rings (SSSR count). The molecular weight excluding hydrogens is 287 g/mol. The van der Waals surface area contributed by atoms with Crippen molar-refractivity contribution in [3.63, 3.8) is 0 Å². The van der Waals surface area contributed by atoms with E-state index in [0.717, 1.165) is 36.7 Å². The van der Waals surface area contributed by atoms with Crippen LogP contribution in [0.5, 0.6) is 0 Å². The second-order valence-electron chi connectivity index (χ2n) is 5.57. The Morgan fingerprint density at radius 2 is 2.14 bits per heavy atom. The first-order chi connectivity index (χ1) is 10.1. The summed E-state index contributed by atoms with van der Waals surface area (Å²) in [5, 5.41) is 3.60. The largest absolute Gasteiger partial charge is 0.351 e. The van der Waals surface area contributed by atoms with E-state index in [1.54, 1.807) is 13.0 Å². The highest BCUT2D eigenvalue weighted by atomic mass is 32.2. The van der Waals surface area contributed by atoms with Crippen LogP contribution in [-0.2, 0) is 11.3 Å². The van der Waals surface area contributed by atoms with Gasteiger partial charge in [-0.1, -0.05) is 12.1 Å². The van der Waals surface area contributed by atoms with Crippen LogP contribution >= 0.6 is 11.8 Å². The van der Waals surface area contributed by atoms with E-state index in [9.17, 15) is 9.18 Å². The third kappa shape index (κ3) is 5.00. The fourth-order valence-electron chi connectivity index (χ4n) is 2.51. The summed E-state index contributed by atoms with van der Waals surface area (Å²) in [5.74, 6) is -0.209. The summed E-state index contributed by atoms with van der Waals surface area (Å²) >= 11 is 1.91. The number of aryl methyl sites for hydroxylation is 1. The summed E-state index contributed by atoms with van der Waals surface area (Å²) in [5.41, 5.74) is 1.43. The number of carbonyl (C=O) groups is 1. The van der Waals surface area contributed by atoms with Crippen molar-refractivity contribution in [1.29, 1.82) is 0 Å². The molecule has 21 heavy (non-hydrogen) atoms. The molecule has 1 amide bonds. The monoisotopic (exact) mass is 310 g/mol. The van der Waals surface area contributed by atoms with Crippen LogP contribution in [-0.4, -0.2) is 41.9 Å². The second-order valence-corrected chi connectivity index (χ2v) is 6.71. The normalized spacial score (nSPS) is 16.9. The van der Waals surface area contributed by atoms with Gasteiger partial charge in [-0.3, -0.25) is 9.69 Å². The molecule has 1 aromatic carbocycles. The number of likely N-dealkylation sites (tertiary alicyclic amines) is 1. The van der Waals surface area contributed by atoms with Crippen LogP contribution in [0.3, 0.4) is 0 Å². The maximum absolute atomic E-state index is 13.4. The first-order valence-corrected chi connectivity index (χ1v) is 8.64. The molecule has 1 aromatic rings. The molecule has 1 aliphatic heterocycles. The molecule has 116 valence electrons. The van der Waals surface area contributed by atoms with Crippen LogP contribution in [0, 0.1) is 12.7 Å². The zero-order valence-corrected chi connectivity index (χ0v) is 13.5.